The number of benzene rings is 2. The van der Waals surface area contributed by atoms with E-state index in [2.05, 4.69) is 37.0 Å². The van der Waals surface area contributed by atoms with Gasteiger partial charge in [0.25, 0.3) is 0 Å². The Morgan fingerprint density at radius 2 is 1.80 bits per heavy atom. The van der Waals surface area contributed by atoms with Crippen molar-refractivity contribution < 1.29 is 17.6 Å². The first-order valence-electron chi connectivity index (χ1n) is 11.5. The van der Waals surface area contributed by atoms with Crippen LogP contribution in [0.4, 0.5) is 34.6 Å². The molecule has 0 aliphatic rings. The summed E-state index contributed by atoms with van der Waals surface area (Å²) in [5.74, 6) is -0.579. The van der Waals surface area contributed by atoms with Gasteiger partial charge >= 0.3 is 6.18 Å². The van der Waals surface area contributed by atoms with Gasteiger partial charge < -0.3 is 10.6 Å². The molecule has 0 saturated carbocycles. The van der Waals surface area contributed by atoms with Gasteiger partial charge in [-0.25, -0.2) is 14.1 Å². The molecule has 0 amide bonds. The molecular weight excluding hydrogens is 571 g/mol. The Balaban J connectivity index is 1.37. The third-order valence-electron chi connectivity index (χ3n) is 5.72. The fourth-order valence-corrected chi connectivity index (χ4v) is 4.33. The van der Waals surface area contributed by atoms with Crippen LogP contribution in [0.3, 0.4) is 0 Å². The van der Waals surface area contributed by atoms with E-state index in [9.17, 15) is 22.8 Å². The van der Waals surface area contributed by atoms with E-state index in [1.165, 1.54) is 41.2 Å². The van der Waals surface area contributed by atoms with Gasteiger partial charge in [-0.1, -0.05) is 34.5 Å². The van der Waals surface area contributed by atoms with E-state index in [0.717, 1.165) is 6.07 Å². The zero-order chi connectivity index (χ0) is 28.4. The summed E-state index contributed by atoms with van der Waals surface area (Å²) in [7, 11) is 0. The molecule has 0 bridgehead atoms. The zero-order valence-corrected chi connectivity index (χ0v) is 21.7. The fourth-order valence-electron chi connectivity index (χ4n) is 3.88. The molecule has 0 atom stereocenters. The van der Waals surface area contributed by atoms with Crippen molar-refractivity contribution in [2.24, 2.45) is 0 Å². The standard InChI is InChI=1S/C26H16Cl2F4N8/c27-20-7-15(4-5-22(20)29)37-24-14(9-33)10-35-25-19(24)6-17(8-21(25)28)34-11-18-13-40(39-38-18)12-16-2-1-3-23(36-16)26(30,31)32/h1-8,10,13,34H,11-12H2,(H,35,37). The lowest BCUT2D eigenvalue weighted by Gasteiger charge is -2.14. The van der Waals surface area contributed by atoms with Crippen LogP contribution in [0, 0.1) is 17.1 Å². The molecule has 8 nitrogen and oxygen atoms in total. The first-order valence-corrected chi connectivity index (χ1v) is 12.3. The van der Waals surface area contributed by atoms with Crippen LogP contribution in [0.5, 0.6) is 0 Å². The number of nitrogens with zero attached hydrogens (tertiary/aromatic N) is 6. The molecule has 0 fully saturated rings. The number of aromatic nitrogens is 5. The minimum absolute atomic E-state index is 0.00373. The summed E-state index contributed by atoms with van der Waals surface area (Å²) in [6.07, 6.45) is -1.58. The predicted octanol–water partition coefficient (Wildman–Crippen LogP) is 6.96. The van der Waals surface area contributed by atoms with Crippen molar-refractivity contribution in [1.29, 1.82) is 5.26 Å². The fraction of sp³-hybridized carbons (Fsp3) is 0.115. The highest BCUT2D eigenvalue weighted by Crippen LogP contribution is 2.35. The number of alkyl halides is 3. The molecule has 3 aromatic heterocycles. The van der Waals surface area contributed by atoms with Crippen molar-refractivity contribution in [2.75, 3.05) is 10.6 Å². The number of hydrogen-bond donors (Lipinski definition) is 2. The maximum atomic E-state index is 13.6. The molecule has 5 aromatic rings. The first-order chi connectivity index (χ1) is 19.1. The lowest BCUT2D eigenvalue weighted by atomic mass is 10.1. The van der Waals surface area contributed by atoms with Gasteiger partial charge in [-0.05, 0) is 42.5 Å². The molecule has 40 heavy (non-hydrogen) atoms. The van der Waals surface area contributed by atoms with E-state index in [1.54, 1.807) is 18.3 Å². The highest BCUT2D eigenvalue weighted by atomic mass is 35.5. The predicted molar refractivity (Wildman–Crippen MR) is 142 cm³/mol. The molecular formula is C26H16Cl2F4N8. The Morgan fingerprint density at radius 3 is 2.55 bits per heavy atom. The summed E-state index contributed by atoms with van der Waals surface area (Å²) in [5.41, 5.74) is 1.80. The topological polar surface area (TPSA) is 104 Å². The van der Waals surface area contributed by atoms with Crippen molar-refractivity contribution in [3.8, 4) is 6.07 Å². The lowest BCUT2D eigenvalue weighted by molar-refractivity contribution is -0.141. The number of rotatable bonds is 7. The third kappa shape index (κ3) is 5.90. The number of hydrogen-bond acceptors (Lipinski definition) is 7. The number of halogens is 6. The van der Waals surface area contributed by atoms with E-state index < -0.39 is 17.7 Å². The maximum absolute atomic E-state index is 13.6. The van der Waals surface area contributed by atoms with E-state index in [4.69, 9.17) is 23.2 Å². The van der Waals surface area contributed by atoms with Crippen LogP contribution in [-0.2, 0) is 19.3 Å². The summed E-state index contributed by atoms with van der Waals surface area (Å²) in [5, 5.41) is 24.7. The summed E-state index contributed by atoms with van der Waals surface area (Å²) in [6.45, 7) is 0.212. The molecule has 202 valence electrons. The minimum Gasteiger partial charge on any atom is -0.379 e. The zero-order valence-electron chi connectivity index (χ0n) is 20.1. The van der Waals surface area contributed by atoms with Crippen LogP contribution in [-0.4, -0.2) is 25.0 Å². The van der Waals surface area contributed by atoms with E-state index >= 15 is 0 Å². The Labute approximate surface area is 234 Å². The van der Waals surface area contributed by atoms with Crippen LogP contribution < -0.4 is 10.6 Å². The van der Waals surface area contributed by atoms with Gasteiger partial charge in [-0.2, -0.15) is 18.4 Å². The second kappa shape index (κ2) is 11.0. The number of nitrogens with one attached hydrogen (secondary N) is 2. The molecule has 0 spiro atoms. The van der Waals surface area contributed by atoms with Gasteiger partial charge in [0.2, 0.25) is 0 Å². The van der Waals surface area contributed by atoms with Gasteiger partial charge in [-0.3, -0.25) is 4.98 Å². The largest absolute Gasteiger partial charge is 0.433 e. The molecule has 2 aromatic carbocycles. The molecule has 2 N–H and O–H groups in total. The van der Waals surface area contributed by atoms with Crippen LogP contribution in [0.25, 0.3) is 10.9 Å². The molecule has 0 saturated heterocycles. The first kappa shape index (κ1) is 27.1. The van der Waals surface area contributed by atoms with Crippen molar-refractivity contribution in [2.45, 2.75) is 19.3 Å². The Kier molecular flexibility index (Phi) is 7.42. The smallest absolute Gasteiger partial charge is 0.379 e. The van der Waals surface area contributed by atoms with Crippen LogP contribution in [0.1, 0.15) is 22.6 Å². The molecule has 0 radical (unpaired) electrons. The van der Waals surface area contributed by atoms with Gasteiger partial charge in [0.1, 0.15) is 23.3 Å². The molecule has 3 heterocycles. The maximum Gasteiger partial charge on any atom is 0.433 e. The van der Waals surface area contributed by atoms with E-state index in [-0.39, 0.29) is 29.4 Å². The monoisotopic (exact) mass is 586 g/mol. The lowest BCUT2D eigenvalue weighted by Crippen LogP contribution is -2.11. The summed E-state index contributed by atoms with van der Waals surface area (Å²) in [6, 6.07) is 13.2. The average Bonchev–Trinajstić information content (AvgIpc) is 3.36. The second-order valence-corrected chi connectivity index (χ2v) is 9.35. The molecule has 0 unspecified atom stereocenters. The summed E-state index contributed by atoms with van der Waals surface area (Å²) < 4.78 is 53.9. The Morgan fingerprint density at radius 1 is 1.00 bits per heavy atom. The van der Waals surface area contributed by atoms with Crippen LogP contribution in [0.2, 0.25) is 10.0 Å². The number of nitriles is 1. The Hall–Kier alpha value is -4.47. The molecule has 0 aliphatic heterocycles. The van der Waals surface area contributed by atoms with Crippen molar-refractivity contribution in [1.82, 2.24) is 25.0 Å². The average molecular weight is 587 g/mol. The normalized spacial score (nSPS) is 11.4. The van der Waals surface area contributed by atoms with Crippen molar-refractivity contribution >= 4 is 51.2 Å². The summed E-state index contributed by atoms with van der Waals surface area (Å²) in [4.78, 5) is 7.94. The summed E-state index contributed by atoms with van der Waals surface area (Å²) >= 11 is 12.4. The number of anilines is 3. The van der Waals surface area contributed by atoms with Crippen molar-refractivity contribution in [3.63, 3.8) is 0 Å². The van der Waals surface area contributed by atoms with E-state index in [1.807, 2.05) is 0 Å². The SMILES string of the molecule is N#Cc1cnc2c(Cl)cc(NCc3cn(Cc4cccc(C(F)(F)F)n4)nn3)cc2c1Nc1ccc(F)c(Cl)c1. The second-order valence-electron chi connectivity index (χ2n) is 8.54. The van der Waals surface area contributed by atoms with Crippen LogP contribution in [0.15, 0.2) is 60.9 Å². The molecule has 0 aliphatic carbocycles. The minimum atomic E-state index is -4.54. The molecule has 14 heteroatoms. The highest BCUT2D eigenvalue weighted by Gasteiger charge is 2.32. The number of fused-ring (bicyclic) bond motifs is 1. The number of pyridine rings is 2. The Bertz CT molecular complexity index is 1760. The van der Waals surface area contributed by atoms with Crippen LogP contribution >= 0.6 is 23.2 Å². The van der Waals surface area contributed by atoms with Gasteiger partial charge in [-0.15, -0.1) is 5.10 Å². The molecule has 5 rings (SSSR count). The van der Waals surface area contributed by atoms with Gasteiger partial charge in [0, 0.05) is 23.0 Å². The van der Waals surface area contributed by atoms with Gasteiger partial charge in [0.15, 0.2) is 0 Å². The highest BCUT2D eigenvalue weighted by molar-refractivity contribution is 6.36. The third-order valence-corrected chi connectivity index (χ3v) is 6.29. The van der Waals surface area contributed by atoms with E-state index in [0.29, 0.717) is 38.7 Å². The van der Waals surface area contributed by atoms with Crippen molar-refractivity contribution in [3.05, 3.63) is 99.4 Å². The van der Waals surface area contributed by atoms with Gasteiger partial charge in [0.05, 0.1) is 51.8 Å². The quantitative estimate of drug-likeness (QED) is 0.198.